The van der Waals surface area contributed by atoms with Crippen LogP contribution in [-0.4, -0.2) is 12.5 Å². The number of aryl methyl sites for hydroxylation is 1. The van der Waals surface area contributed by atoms with E-state index in [4.69, 9.17) is 4.74 Å². The summed E-state index contributed by atoms with van der Waals surface area (Å²) in [5, 5.41) is 5.13. The van der Waals surface area contributed by atoms with Gasteiger partial charge in [-0.15, -0.1) is 0 Å². The molecule has 0 fully saturated rings. The molecule has 3 N–H and O–H groups in total. The first-order valence-corrected chi connectivity index (χ1v) is 9.64. The van der Waals surface area contributed by atoms with E-state index in [0.717, 1.165) is 12.1 Å². The smallest absolute Gasteiger partial charge is 0.287 e. The molecule has 0 saturated heterocycles. The molecule has 0 aromatic heterocycles. The van der Waals surface area contributed by atoms with E-state index < -0.39 is 0 Å². The molecule has 0 saturated carbocycles. The number of nitrogens with two attached hydrogens (primary N) is 1. The highest BCUT2D eigenvalue weighted by atomic mass is 16.5. The summed E-state index contributed by atoms with van der Waals surface area (Å²) < 4.78 is 5.64. The van der Waals surface area contributed by atoms with Crippen LogP contribution in [0.4, 0.5) is 5.69 Å². The lowest BCUT2D eigenvalue weighted by atomic mass is 10.0. The van der Waals surface area contributed by atoms with Gasteiger partial charge in [-0.05, 0) is 31.5 Å². The van der Waals surface area contributed by atoms with Crippen molar-refractivity contribution in [3.63, 3.8) is 0 Å². The predicted molar refractivity (Wildman–Crippen MR) is 112 cm³/mol. The average molecular weight is 375 g/mol. The number of carbonyl (C=O) groups excluding carboxylic acids is 1. The van der Waals surface area contributed by atoms with Gasteiger partial charge >= 0.3 is 0 Å². The Kier molecular flexibility index (Phi) is 6.82. The molecule has 0 bridgehead atoms. The van der Waals surface area contributed by atoms with Crippen LogP contribution >= 0.6 is 0 Å². The van der Waals surface area contributed by atoms with Gasteiger partial charge in [-0.1, -0.05) is 66.7 Å². The number of anilines is 1. The number of carbonyl (C=O) groups is 1. The second kappa shape index (κ2) is 9.72. The van der Waals surface area contributed by atoms with Gasteiger partial charge in [0.2, 0.25) is 0 Å². The quantitative estimate of drug-likeness (QED) is 0.629. The van der Waals surface area contributed by atoms with Crippen molar-refractivity contribution < 1.29 is 14.8 Å². The molecule has 0 aliphatic rings. The van der Waals surface area contributed by atoms with Crippen LogP contribution in [-0.2, 0) is 11.3 Å². The van der Waals surface area contributed by atoms with Gasteiger partial charge in [-0.2, -0.15) is 0 Å². The summed E-state index contributed by atoms with van der Waals surface area (Å²) in [5.74, 6) is 0.621. The third-order valence-electron chi connectivity index (χ3n) is 4.72. The largest absolute Gasteiger partial charge is 0.492 e. The molecule has 3 rings (SSSR count). The number of nitrogens with one attached hydrogen (secondary N) is 1. The summed E-state index contributed by atoms with van der Waals surface area (Å²) in [4.78, 5) is 13.2. The fourth-order valence-corrected chi connectivity index (χ4v) is 3.20. The Bertz CT molecular complexity index is 909. The van der Waals surface area contributed by atoms with Gasteiger partial charge < -0.3 is 15.4 Å². The molecule has 28 heavy (non-hydrogen) atoms. The highest BCUT2D eigenvalue weighted by molar-refractivity contribution is 5.95. The highest BCUT2D eigenvalue weighted by Gasteiger charge is 2.25. The molecule has 0 radical (unpaired) electrons. The van der Waals surface area contributed by atoms with E-state index in [9.17, 15) is 4.79 Å². The average Bonchev–Trinajstić information content (AvgIpc) is 2.72. The maximum Gasteiger partial charge on any atom is 0.287 e. The van der Waals surface area contributed by atoms with E-state index >= 15 is 0 Å². The maximum atomic E-state index is 13.2. The number of benzene rings is 3. The number of para-hydroxylation sites is 2. The zero-order chi connectivity index (χ0) is 19.8. The topological polar surface area (TPSA) is 54.9 Å². The number of hydrogen-bond acceptors (Lipinski definition) is 2. The van der Waals surface area contributed by atoms with Gasteiger partial charge in [-0.3, -0.25) is 4.79 Å². The molecule has 0 aliphatic carbocycles. The Morgan fingerprint density at radius 1 is 0.964 bits per heavy atom. The zero-order valence-corrected chi connectivity index (χ0v) is 16.4. The Labute approximate surface area is 166 Å². The van der Waals surface area contributed by atoms with Crippen LogP contribution in [0.2, 0.25) is 0 Å². The molecular weight excluding hydrogens is 348 g/mol. The van der Waals surface area contributed by atoms with E-state index in [1.165, 1.54) is 11.1 Å². The maximum absolute atomic E-state index is 13.2. The van der Waals surface area contributed by atoms with Gasteiger partial charge in [0, 0.05) is 11.1 Å². The van der Waals surface area contributed by atoms with Crippen molar-refractivity contribution in [3.8, 4) is 5.75 Å². The van der Waals surface area contributed by atoms with Crippen molar-refractivity contribution in [1.82, 2.24) is 0 Å². The van der Waals surface area contributed by atoms with E-state index in [2.05, 4.69) is 29.7 Å². The standard InChI is InChI=1S/C24H26N2O2/c1-3-28-22-16-10-9-15-21(22)26-24(27)23(19-12-5-4-6-13-19)25-17-20-14-8-7-11-18(20)2/h4-16,23,25H,3,17H2,1-2H3,(H,26,27)/p+1/t23-/m1/s1. The Morgan fingerprint density at radius 2 is 1.64 bits per heavy atom. The fraction of sp³-hybridized carbons (Fsp3) is 0.208. The van der Waals surface area contributed by atoms with E-state index in [-0.39, 0.29) is 11.9 Å². The minimum atomic E-state index is -0.351. The first kappa shape index (κ1) is 19.6. The number of rotatable bonds is 8. The van der Waals surface area contributed by atoms with Crippen LogP contribution in [0.3, 0.4) is 0 Å². The van der Waals surface area contributed by atoms with Crippen LogP contribution in [0.1, 0.15) is 29.7 Å². The fourth-order valence-electron chi connectivity index (χ4n) is 3.20. The van der Waals surface area contributed by atoms with E-state index in [0.29, 0.717) is 18.0 Å². The first-order valence-electron chi connectivity index (χ1n) is 9.64. The van der Waals surface area contributed by atoms with Crippen molar-refractivity contribution in [2.75, 3.05) is 11.9 Å². The Balaban J connectivity index is 1.81. The summed E-state index contributed by atoms with van der Waals surface area (Å²) in [6.07, 6.45) is 0. The van der Waals surface area contributed by atoms with E-state index in [1.54, 1.807) is 0 Å². The van der Waals surface area contributed by atoms with Crippen LogP contribution in [0.5, 0.6) is 5.75 Å². The highest BCUT2D eigenvalue weighted by Crippen LogP contribution is 2.24. The number of amides is 1. The molecule has 0 aliphatic heterocycles. The van der Waals surface area contributed by atoms with Crippen molar-refractivity contribution >= 4 is 11.6 Å². The van der Waals surface area contributed by atoms with Crippen LogP contribution < -0.4 is 15.4 Å². The van der Waals surface area contributed by atoms with Crippen molar-refractivity contribution in [2.24, 2.45) is 0 Å². The third kappa shape index (κ3) is 4.99. The molecule has 3 aromatic rings. The second-order valence-electron chi connectivity index (χ2n) is 6.67. The molecule has 4 nitrogen and oxygen atoms in total. The van der Waals surface area contributed by atoms with Gasteiger partial charge in [0.25, 0.3) is 5.91 Å². The number of quaternary nitrogens is 1. The summed E-state index contributed by atoms with van der Waals surface area (Å²) >= 11 is 0. The molecule has 0 heterocycles. The monoisotopic (exact) mass is 375 g/mol. The van der Waals surface area contributed by atoms with Crippen molar-refractivity contribution in [3.05, 3.63) is 95.6 Å². The van der Waals surface area contributed by atoms with Crippen molar-refractivity contribution in [2.45, 2.75) is 26.4 Å². The predicted octanol–water partition coefficient (Wildman–Crippen LogP) is 3.84. The second-order valence-corrected chi connectivity index (χ2v) is 6.67. The summed E-state index contributed by atoms with van der Waals surface area (Å²) in [6, 6.07) is 25.3. The lowest BCUT2D eigenvalue weighted by molar-refractivity contribution is -0.697. The summed E-state index contributed by atoms with van der Waals surface area (Å²) in [6.45, 7) is 5.31. The molecule has 3 aromatic carbocycles. The lowest BCUT2D eigenvalue weighted by Gasteiger charge is -2.18. The van der Waals surface area contributed by atoms with Gasteiger partial charge in [0.15, 0.2) is 6.04 Å². The van der Waals surface area contributed by atoms with Crippen LogP contribution in [0, 0.1) is 6.92 Å². The lowest BCUT2D eigenvalue weighted by Crippen LogP contribution is -2.85. The third-order valence-corrected chi connectivity index (χ3v) is 4.72. The van der Waals surface area contributed by atoms with Gasteiger partial charge in [-0.25, -0.2) is 0 Å². The SMILES string of the molecule is CCOc1ccccc1NC(=O)[C@H]([NH2+]Cc1ccccc1C)c1ccccc1. The molecule has 144 valence electrons. The molecular formula is C24H27N2O2+. The molecule has 1 amide bonds. The first-order chi connectivity index (χ1) is 13.7. The minimum absolute atomic E-state index is 0.0630. The zero-order valence-electron chi connectivity index (χ0n) is 16.4. The van der Waals surface area contributed by atoms with Crippen molar-refractivity contribution in [1.29, 1.82) is 0 Å². The number of ether oxygens (including phenoxy) is 1. The Hall–Kier alpha value is -3.11. The molecule has 0 unspecified atom stereocenters. The molecule has 0 spiro atoms. The Morgan fingerprint density at radius 3 is 2.39 bits per heavy atom. The van der Waals surface area contributed by atoms with Gasteiger partial charge in [0.1, 0.15) is 12.3 Å². The number of hydrogen-bond donors (Lipinski definition) is 2. The molecule has 4 heteroatoms. The van der Waals surface area contributed by atoms with Crippen LogP contribution in [0.15, 0.2) is 78.9 Å². The summed E-state index contributed by atoms with van der Waals surface area (Å²) in [7, 11) is 0. The van der Waals surface area contributed by atoms with Crippen LogP contribution in [0.25, 0.3) is 0 Å². The van der Waals surface area contributed by atoms with E-state index in [1.807, 2.05) is 73.7 Å². The van der Waals surface area contributed by atoms with Gasteiger partial charge in [0.05, 0.1) is 12.3 Å². The summed E-state index contributed by atoms with van der Waals surface area (Å²) in [5.41, 5.74) is 4.13. The minimum Gasteiger partial charge on any atom is -0.492 e. The normalized spacial score (nSPS) is 11.6. The molecule has 1 atom stereocenters.